The molecule has 0 radical (unpaired) electrons. The second-order valence-corrected chi connectivity index (χ2v) is 8.16. The lowest BCUT2D eigenvalue weighted by atomic mass is 9.49. The lowest BCUT2D eigenvalue weighted by Gasteiger charge is -2.56. The van der Waals surface area contributed by atoms with Crippen LogP contribution in [-0.4, -0.2) is 28.8 Å². The molecule has 1 heterocycles. The van der Waals surface area contributed by atoms with Crippen LogP contribution >= 0.6 is 0 Å². The van der Waals surface area contributed by atoms with Crippen molar-refractivity contribution in [1.29, 1.82) is 0 Å². The summed E-state index contributed by atoms with van der Waals surface area (Å²) >= 11 is 0. The topological polar surface area (TPSA) is 73.2 Å². The minimum Gasteiger partial charge on any atom is -0.464 e. The van der Waals surface area contributed by atoms with Crippen LogP contribution in [0.25, 0.3) is 0 Å². The smallest absolute Gasteiger partial charge is 0.358 e. The Labute approximate surface area is 141 Å². The maximum atomic E-state index is 12.7. The number of carbonyl (C=O) groups excluding carboxylic acids is 2. The summed E-state index contributed by atoms with van der Waals surface area (Å²) in [4.78, 5) is 24.5. The van der Waals surface area contributed by atoms with Gasteiger partial charge in [0.2, 0.25) is 5.91 Å². The van der Waals surface area contributed by atoms with E-state index in [0.717, 1.165) is 17.8 Å². The Hall–Kier alpha value is -1.85. The molecule has 0 saturated heterocycles. The highest BCUT2D eigenvalue weighted by Crippen LogP contribution is 2.61. The first kappa shape index (κ1) is 15.7. The summed E-state index contributed by atoms with van der Waals surface area (Å²) < 4.78 is 6.22. The van der Waals surface area contributed by atoms with Gasteiger partial charge in [-0.1, -0.05) is 0 Å². The summed E-state index contributed by atoms with van der Waals surface area (Å²) in [6.45, 7) is 0. The number of rotatable bonds is 4. The lowest BCUT2D eigenvalue weighted by molar-refractivity contribution is -0.124. The van der Waals surface area contributed by atoms with Crippen molar-refractivity contribution in [2.45, 2.75) is 44.9 Å². The molecule has 0 unspecified atom stereocenters. The Morgan fingerprint density at radius 3 is 2.38 bits per heavy atom. The van der Waals surface area contributed by atoms with Gasteiger partial charge in [-0.2, -0.15) is 5.10 Å². The average molecular weight is 331 g/mol. The molecule has 0 atom stereocenters. The SMILES string of the molecule is COC(=O)c1c(NC(=O)CC23CC4CC(CC(C4)C2)C3)cnn1C. The molecule has 24 heavy (non-hydrogen) atoms. The van der Waals surface area contributed by atoms with Gasteiger partial charge in [0.05, 0.1) is 19.0 Å². The number of aromatic nitrogens is 2. The number of nitrogens with zero attached hydrogens (tertiary/aromatic N) is 2. The Bertz CT molecular complexity index is 644. The Morgan fingerprint density at radius 2 is 1.83 bits per heavy atom. The van der Waals surface area contributed by atoms with Crippen LogP contribution in [0.2, 0.25) is 0 Å². The number of nitrogens with one attached hydrogen (secondary N) is 1. The van der Waals surface area contributed by atoms with Gasteiger partial charge in [0.15, 0.2) is 5.69 Å². The molecule has 0 aromatic carbocycles. The third-order valence-corrected chi connectivity index (χ3v) is 6.29. The molecule has 6 nitrogen and oxygen atoms in total. The van der Waals surface area contributed by atoms with Gasteiger partial charge in [0.25, 0.3) is 0 Å². The first-order valence-corrected chi connectivity index (χ1v) is 8.88. The number of ether oxygens (including phenoxy) is 1. The highest BCUT2D eigenvalue weighted by Gasteiger charge is 2.51. The van der Waals surface area contributed by atoms with E-state index < -0.39 is 5.97 Å². The molecule has 1 amide bonds. The number of carbonyl (C=O) groups is 2. The van der Waals surface area contributed by atoms with Gasteiger partial charge < -0.3 is 10.1 Å². The number of aryl methyl sites for hydroxylation is 1. The third kappa shape index (κ3) is 2.62. The molecule has 130 valence electrons. The van der Waals surface area contributed by atoms with E-state index in [1.54, 1.807) is 7.05 Å². The van der Waals surface area contributed by atoms with Crippen molar-refractivity contribution < 1.29 is 14.3 Å². The Balaban J connectivity index is 1.47. The van der Waals surface area contributed by atoms with Crippen molar-refractivity contribution in [3.05, 3.63) is 11.9 Å². The van der Waals surface area contributed by atoms with Gasteiger partial charge in [-0.15, -0.1) is 0 Å². The normalized spacial score (nSPS) is 33.5. The lowest BCUT2D eigenvalue weighted by Crippen LogP contribution is -2.47. The van der Waals surface area contributed by atoms with Crippen LogP contribution in [0, 0.1) is 23.2 Å². The zero-order valence-electron chi connectivity index (χ0n) is 14.4. The number of methoxy groups -OCH3 is 1. The number of amides is 1. The maximum absolute atomic E-state index is 12.7. The highest BCUT2D eigenvalue weighted by molar-refractivity contribution is 6.00. The molecule has 1 N–H and O–H groups in total. The first-order valence-electron chi connectivity index (χ1n) is 8.88. The zero-order valence-corrected chi connectivity index (χ0v) is 14.4. The van der Waals surface area contributed by atoms with Crippen molar-refractivity contribution in [3.8, 4) is 0 Å². The van der Waals surface area contributed by atoms with Crippen LogP contribution in [0.4, 0.5) is 5.69 Å². The summed E-state index contributed by atoms with van der Waals surface area (Å²) in [5.74, 6) is 1.99. The molecule has 5 rings (SSSR count). The molecule has 1 aromatic rings. The first-order chi connectivity index (χ1) is 11.5. The largest absolute Gasteiger partial charge is 0.464 e. The number of hydrogen-bond donors (Lipinski definition) is 1. The summed E-state index contributed by atoms with van der Waals surface area (Å²) in [6, 6.07) is 0. The predicted molar refractivity (Wildman–Crippen MR) is 88.4 cm³/mol. The molecule has 4 aliphatic carbocycles. The van der Waals surface area contributed by atoms with E-state index in [4.69, 9.17) is 4.74 Å². The van der Waals surface area contributed by atoms with E-state index in [-0.39, 0.29) is 17.0 Å². The van der Waals surface area contributed by atoms with Crippen LogP contribution in [0.3, 0.4) is 0 Å². The van der Waals surface area contributed by atoms with E-state index in [9.17, 15) is 9.59 Å². The van der Waals surface area contributed by atoms with Crippen LogP contribution in [0.15, 0.2) is 6.20 Å². The van der Waals surface area contributed by atoms with Crippen molar-refractivity contribution in [2.75, 3.05) is 12.4 Å². The van der Waals surface area contributed by atoms with Gasteiger partial charge in [0, 0.05) is 13.5 Å². The molecule has 0 aliphatic heterocycles. The Morgan fingerprint density at radius 1 is 1.25 bits per heavy atom. The minimum atomic E-state index is -0.486. The molecule has 1 aromatic heterocycles. The number of esters is 1. The van der Waals surface area contributed by atoms with Crippen molar-refractivity contribution >= 4 is 17.6 Å². The summed E-state index contributed by atoms with van der Waals surface area (Å²) in [7, 11) is 3.00. The van der Waals surface area contributed by atoms with Crippen molar-refractivity contribution in [1.82, 2.24) is 9.78 Å². The fraction of sp³-hybridized carbons (Fsp3) is 0.722. The monoisotopic (exact) mass is 331 g/mol. The van der Waals surface area contributed by atoms with Crippen LogP contribution < -0.4 is 5.32 Å². The minimum absolute atomic E-state index is 0.00453. The second kappa shape index (κ2) is 5.60. The zero-order chi connectivity index (χ0) is 16.9. The number of anilines is 1. The molecule has 4 bridgehead atoms. The molecule has 4 aliphatic rings. The van der Waals surface area contributed by atoms with Gasteiger partial charge in [0.1, 0.15) is 0 Å². The van der Waals surface area contributed by atoms with E-state index in [1.165, 1.54) is 56.5 Å². The predicted octanol–water partition coefficient (Wildman–Crippen LogP) is 2.75. The molecule has 0 spiro atoms. The quantitative estimate of drug-likeness (QED) is 0.861. The standard InChI is InChI=1S/C18H25N3O3/c1-21-16(17(23)24-2)14(10-19-21)20-15(22)9-18-6-11-3-12(7-18)5-13(4-11)8-18/h10-13H,3-9H2,1-2H3,(H,20,22). The van der Waals surface area contributed by atoms with Crippen molar-refractivity contribution in [2.24, 2.45) is 30.2 Å². The molecular formula is C18H25N3O3. The van der Waals surface area contributed by atoms with Gasteiger partial charge in [-0.05, 0) is 61.7 Å². The van der Waals surface area contributed by atoms with E-state index in [1.807, 2.05) is 0 Å². The van der Waals surface area contributed by atoms with E-state index >= 15 is 0 Å². The Kier molecular flexibility index (Phi) is 3.66. The van der Waals surface area contributed by atoms with Crippen LogP contribution in [0.1, 0.15) is 55.4 Å². The third-order valence-electron chi connectivity index (χ3n) is 6.29. The summed E-state index contributed by atoms with van der Waals surface area (Å²) in [5.41, 5.74) is 0.919. The van der Waals surface area contributed by atoms with Crippen molar-refractivity contribution in [3.63, 3.8) is 0 Å². The highest BCUT2D eigenvalue weighted by atomic mass is 16.5. The molecule has 4 saturated carbocycles. The van der Waals surface area contributed by atoms with E-state index in [2.05, 4.69) is 10.4 Å². The molecule has 4 fully saturated rings. The average Bonchev–Trinajstić information content (AvgIpc) is 2.85. The van der Waals surface area contributed by atoms with Gasteiger partial charge in [-0.3, -0.25) is 9.48 Å². The van der Waals surface area contributed by atoms with Gasteiger partial charge >= 0.3 is 5.97 Å². The summed E-state index contributed by atoms with van der Waals surface area (Å²) in [5, 5.41) is 6.96. The van der Waals surface area contributed by atoms with E-state index in [0.29, 0.717) is 12.1 Å². The molecular weight excluding hydrogens is 306 g/mol. The summed E-state index contributed by atoms with van der Waals surface area (Å²) in [6.07, 6.45) is 9.79. The van der Waals surface area contributed by atoms with Gasteiger partial charge in [-0.25, -0.2) is 4.79 Å². The van der Waals surface area contributed by atoms with Crippen LogP contribution in [-0.2, 0) is 16.6 Å². The number of hydrogen-bond acceptors (Lipinski definition) is 4. The fourth-order valence-corrected chi connectivity index (χ4v) is 5.91. The fourth-order valence-electron chi connectivity index (χ4n) is 5.91. The molecule has 6 heteroatoms. The second-order valence-electron chi connectivity index (χ2n) is 8.16. The maximum Gasteiger partial charge on any atom is 0.358 e. The van der Waals surface area contributed by atoms with Crippen LogP contribution in [0.5, 0.6) is 0 Å².